The molecule has 1 aromatic rings. The van der Waals surface area contributed by atoms with Crippen LogP contribution >= 0.6 is 0 Å². The molecule has 0 spiro atoms. The van der Waals surface area contributed by atoms with Gasteiger partial charge in [0.2, 0.25) is 5.91 Å². The Morgan fingerprint density at radius 1 is 1.24 bits per heavy atom. The molecular weight excluding hydrogens is 281 g/mol. The molecule has 1 aromatic carbocycles. The number of nitrogens with one attached hydrogen (secondary N) is 1. The minimum absolute atomic E-state index is 0.0165. The van der Waals surface area contributed by atoms with Crippen molar-refractivity contribution in [3.8, 4) is 0 Å². The van der Waals surface area contributed by atoms with Gasteiger partial charge in [0.25, 0.3) is 0 Å². The van der Waals surface area contributed by atoms with E-state index in [0.29, 0.717) is 18.5 Å². The van der Waals surface area contributed by atoms with E-state index in [4.69, 9.17) is 0 Å². The number of benzene rings is 1. The summed E-state index contributed by atoms with van der Waals surface area (Å²) in [5.41, 5.74) is 0.700. The Bertz CT molecular complexity index is 456. The fourth-order valence-corrected chi connectivity index (χ4v) is 2.51. The summed E-state index contributed by atoms with van der Waals surface area (Å²) in [4.78, 5) is 13.2. The molecule has 0 radical (unpaired) electrons. The second-order valence-electron chi connectivity index (χ2n) is 5.30. The van der Waals surface area contributed by atoms with Gasteiger partial charge in [-0.15, -0.1) is 0 Å². The number of hydrogen-bond acceptors (Lipinski definition) is 2. The molecule has 0 aliphatic carbocycles. The molecule has 1 fully saturated rings. The van der Waals surface area contributed by atoms with Crippen LogP contribution in [0.15, 0.2) is 30.3 Å². The van der Waals surface area contributed by atoms with Crippen molar-refractivity contribution in [2.75, 3.05) is 13.1 Å². The van der Waals surface area contributed by atoms with Crippen LogP contribution in [-0.2, 0) is 11.3 Å². The molecule has 1 N–H and O–H groups in total. The second-order valence-corrected chi connectivity index (χ2v) is 5.30. The molecule has 1 atom stereocenters. The molecule has 1 saturated heterocycles. The van der Waals surface area contributed by atoms with E-state index in [-0.39, 0.29) is 6.54 Å². The molecule has 1 aliphatic heterocycles. The van der Waals surface area contributed by atoms with Crippen molar-refractivity contribution in [2.24, 2.45) is 0 Å². The lowest BCUT2D eigenvalue weighted by molar-refractivity contribution is -0.164. The molecule has 0 bridgehead atoms. The fraction of sp³-hybridized carbons (Fsp3) is 0.533. The zero-order chi connectivity index (χ0) is 15.3. The van der Waals surface area contributed by atoms with Gasteiger partial charge in [0.1, 0.15) is 6.54 Å². The van der Waals surface area contributed by atoms with Crippen LogP contribution in [0.3, 0.4) is 0 Å². The first kappa shape index (κ1) is 15.8. The van der Waals surface area contributed by atoms with Gasteiger partial charge in [-0.3, -0.25) is 4.79 Å². The van der Waals surface area contributed by atoms with Gasteiger partial charge < -0.3 is 10.2 Å². The third-order valence-corrected chi connectivity index (χ3v) is 3.51. The number of hydrogen-bond donors (Lipinski definition) is 1. The van der Waals surface area contributed by atoms with Crippen LogP contribution in [0, 0.1) is 0 Å². The van der Waals surface area contributed by atoms with Gasteiger partial charge in [-0.05, 0) is 24.9 Å². The fourth-order valence-electron chi connectivity index (χ4n) is 2.51. The van der Waals surface area contributed by atoms with E-state index in [0.717, 1.165) is 17.7 Å². The first-order valence-electron chi connectivity index (χ1n) is 7.08. The molecule has 3 nitrogen and oxygen atoms in total. The molecule has 6 heteroatoms. The zero-order valence-electron chi connectivity index (χ0n) is 11.7. The Morgan fingerprint density at radius 3 is 2.52 bits per heavy atom. The van der Waals surface area contributed by atoms with Crippen LogP contribution in [-0.4, -0.2) is 36.1 Å². The molecule has 1 heterocycles. The average molecular weight is 300 g/mol. The maximum atomic E-state index is 12.7. The van der Waals surface area contributed by atoms with E-state index in [9.17, 15) is 18.0 Å². The van der Waals surface area contributed by atoms with Crippen LogP contribution in [0.4, 0.5) is 13.2 Å². The Kier molecular flexibility index (Phi) is 5.22. The summed E-state index contributed by atoms with van der Waals surface area (Å²) >= 11 is 0. The lowest BCUT2D eigenvalue weighted by Gasteiger charge is -2.30. The smallest absolute Gasteiger partial charge is 0.328 e. The number of nitrogens with zero attached hydrogens (tertiary/aromatic N) is 1. The lowest BCUT2D eigenvalue weighted by atomic mass is 10.0. The number of alkyl halides is 3. The van der Waals surface area contributed by atoms with Crippen LogP contribution < -0.4 is 5.32 Å². The SMILES string of the molecule is O=C([C@H]1CCCCN1)N(Cc1ccccc1)CC(F)(F)F. The Labute approximate surface area is 122 Å². The highest BCUT2D eigenvalue weighted by atomic mass is 19.4. The molecule has 0 unspecified atom stereocenters. The van der Waals surface area contributed by atoms with Crippen molar-refractivity contribution in [2.45, 2.75) is 38.0 Å². The van der Waals surface area contributed by atoms with Gasteiger partial charge in [0.05, 0.1) is 6.04 Å². The largest absolute Gasteiger partial charge is 0.406 e. The number of amides is 1. The summed E-state index contributed by atoms with van der Waals surface area (Å²) in [5.74, 6) is -0.462. The molecular formula is C15H19F3N2O. The van der Waals surface area contributed by atoms with Crippen LogP contribution in [0.5, 0.6) is 0 Å². The summed E-state index contributed by atoms with van der Waals surface area (Å²) in [6.07, 6.45) is -1.96. The Morgan fingerprint density at radius 2 is 1.95 bits per heavy atom. The average Bonchev–Trinajstić information content (AvgIpc) is 2.46. The van der Waals surface area contributed by atoms with Crippen molar-refractivity contribution in [1.29, 1.82) is 0 Å². The second kappa shape index (κ2) is 6.93. The van der Waals surface area contributed by atoms with Gasteiger partial charge in [-0.25, -0.2) is 0 Å². The number of halogens is 3. The van der Waals surface area contributed by atoms with Gasteiger partial charge in [0, 0.05) is 6.54 Å². The van der Waals surface area contributed by atoms with Crippen molar-refractivity contribution in [3.05, 3.63) is 35.9 Å². The highest BCUT2D eigenvalue weighted by Crippen LogP contribution is 2.20. The van der Waals surface area contributed by atoms with Gasteiger partial charge >= 0.3 is 6.18 Å². The number of carbonyl (C=O) groups is 1. The molecule has 1 aliphatic rings. The summed E-state index contributed by atoms with van der Waals surface area (Å²) in [6, 6.07) is 8.26. The molecule has 1 amide bonds. The molecule has 2 rings (SSSR count). The van der Waals surface area contributed by atoms with E-state index in [2.05, 4.69) is 5.32 Å². The maximum absolute atomic E-state index is 12.7. The van der Waals surface area contributed by atoms with Crippen molar-refractivity contribution in [1.82, 2.24) is 10.2 Å². The summed E-state index contributed by atoms with van der Waals surface area (Å²) < 4.78 is 38.2. The van der Waals surface area contributed by atoms with Crippen molar-refractivity contribution < 1.29 is 18.0 Å². The normalized spacial score (nSPS) is 19.3. The van der Waals surface area contributed by atoms with Crippen LogP contribution in [0.25, 0.3) is 0 Å². The number of piperidine rings is 1. The first-order chi connectivity index (χ1) is 9.96. The summed E-state index contributed by atoms with van der Waals surface area (Å²) in [5, 5.41) is 3.01. The van der Waals surface area contributed by atoms with E-state index in [1.807, 2.05) is 0 Å². The van der Waals surface area contributed by atoms with Gasteiger partial charge in [-0.2, -0.15) is 13.2 Å². The lowest BCUT2D eigenvalue weighted by Crippen LogP contribution is -2.50. The van der Waals surface area contributed by atoms with Gasteiger partial charge in [-0.1, -0.05) is 36.8 Å². The minimum atomic E-state index is -4.39. The zero-order valence-corrected chi connectivity index (χ0v) is 11.7. The van der Waals surface area contributed by atoms with Gasteiger partial charge in [0.15, 0.2) is 0 Å². The molecule has 0 saturated carbocycles. The van der Waals surface area contributed by atoms with E-state index in [1.165, 1.54) is 0 Å². The minimum Gasteiger partial charge on any atom is -0.328 e. The van der Waals surface area contributed by atoms with E-state index >= 15 is 0 Å². The van der Waals surface area contributed by atoms with E-state index in [1.54, 1.807) is 30.3 Å². The summed E-state index contributed by atoms with van der Waals surface area (Å²) in [6.45, 7) is -0.544. The maximum Gasteiger partial charge on any atom is 0.406 e. The topological polar surface area (TPSA) is 32.3 Å². The highest BCUT2D eigenvalue weighted by Gasteiger charge is 2.35. The number of rotatable bonds is 4. The summed E-state index contributed by atoms with van der Waals surface area (Å²) in [7, 11) is 0. The van der Waals surface area contributed by atoms with Crippen molar-refractivity contribution >= 4 is 5.91 Å². The quantitative estimate of drug-likeness (QED) is 0.927. The molecule has 0 aromatic heterocycles. The predicted octanol–water partition coefficient (Wildman–Crippen LogP) is 2.72. The van der Waals surface area contributed by atoms with Crippen LogP contribution in [0.2, 0.25) is 0 Å². The Balaban J connectivity index is 2.09. The predicted molar refractivity (Wildman–Crippen MR) is 73.6 cm³/mol. The molecule has 21 heavy (non-hydrogen) atoms. The Hall–Kier alpha value is -1.56. The first-order valence-corrected chi connectivity index (χ1v) is 7.08. The number of carbonyl (C=O) groups excluding carboxylic acids is 1. The highest BCUT2D eigenvalue weighted by molar-refractivity contribution is 5.82. The van der Waals surface area contributed by atoms with Crippen molar-refractivity contribution in [3.63, 3.8) is 0 Å². The standard InChI is InChI=1S/C15H19F3N2O/c16-15(17,18)11-20(10-12-6-2-1-3-7-12)14(21)13-8-4-5-9-19-13/h1-3,6-7,13,19H,4-5,8-11H2/t13-/m1/s1. The third-order valence-electron chi connectivity index (χ3n) is 3.51. The molecule has 116 valence electrons. The van der Waals surface area contributed by atoms with Crippen LogP contribution in [0.1, 0.15) is 24.8 Å². The van der Waals surface area contributed by atoms with E-state index < -0.39 is 24.7 Å². The monoisotopic (exact) mass is 300 g/mol. The third kappa shape index (κ3) is 5.04.